The first-order chi connectivity index (χ1) is 22.6. The molecule has 3 nitrogen and oxygen atoms in total. The summed E-state index contributed by atoms with van der Waals surface area (Å²) in [7, 11) is 0. The summed E-state index contributed by atoms with van der Waals surface area (Å²) in [4.78, 5) is 15.1. The van der Waals surface area contributed by atoms with Gasteiger partial charge >= 0.3 is 0 Å². The molecule has 0 atom stereocenters. The fraction of sp³-hybridized carbons (Fsp3) is 0.205. The van der Waals surface area contributed by atoms with E-state index in [-0.39, 0.29) is 36.4 Å². The first-order valence-electron chi connectivity index (χ1n) is 16.3. The minimum Gasteiger partial charge on any atom is -0.296 e. The Balaban J connectivity index is 0.000000198. The van der Waals surface area contributed by atoms with Crippen molar-refractivity contribution in [3.05, 3.63) is 151 Å². The van der Waals surface area contributed by atoms with E-state index in [9.17, 15) is 0 Å². The van der Waals surface area contributed by atoms with Crippen molar-refractivity contribution < 1.29 is 20.1 Å². The monoisotopic (exact) mass is 802 g/mol. The van der Waals surface area contributed by atoms with Crippen molar-refractivity contribution in [2.75, 3.05) is 0 Å². The molecule has 0 aliphatic heterocycles. The number of para-hydroxylation sites is 1. The molecule has 5 aromatic carbocycles. The standard InChI is InChI=1S/C29H29N2.C15H10N.Ir/c1-27(2)21-17-18-22-26(23(21)28(3,4)29(27,5)6)31-25(20-15-11-8-12-16-20)24(30-22)19-13-9-7-10-14-19;1-2-6-12(7-3-1)15-11-10-13-8-4-5-9-14(13)16-15;/h7-13,15-18H,1-6H3;1-6,8-11H;/q2*-1;. The predicted octanol–water partition coefficient (Wildman–Crippen LogP) is 11.1. The molecule has 48 heavy (non-hydrogen) atoms. The second-order valence-corrected chi connectivity index (χ2v) is 14.0. The van der Waals surface area contributed by atoms with Crippen LogP contribution in [0.1, 0.15) is 52.7 Å². The molecule has 1 aliphatic carbocycles. The number of rotatable bonds is 3. The maximum atomic E-state index is 5.34. The summed E-state index contributed by atoms with van der Waals surface area (Å²) in [6, 6.07) is 49.5. The minimum atomic E-state index is -0.0334. The van der Waals surface area contributed by atoms with Crippen molar-refractivity contribution in [3.63, 3.8) is 0 Å². The molecule has 0 fully saturated rings. The molecule has 0 spiro atoms. The van der Waals surface area contributed by atoms with Crippen LogP contribution in [0.3, 0.4) is 0 Å². The van der Waals surface area contributed by atoms with Gasteiger partial charge in [-0.1, -0.05) is 108 Å². The SMILES string of the molecule is CC1(C)c2ccc3nc(-c4[c-]cccc4)c(-c4ccccc4)nc3c2C(C)(C)C1(C)C.[Ir].[c-]1ccccc1-c1ccc2ccccc2n1. The van der Waals surface area contributed by atoms with Crippen molar-refractivity contribution in [1.82, 2.24) is 15.0 Å². The van der Waals surface area contributed by atoms with E-state index in [0.717, 1.165) is 50.3 Å². The third-order valence-corrected chi connectivity index (χ3v) is 10.9. The van der Waals surface area contributed by atoms with Crippen LogP contribution in [-0.4, -0.2) is 15.0 Å². The Morgan fingerprint density at radius 3 is 1.83 bits per heavy atom. The maximum absolute atomic E-state index is 5.34. The molecule has 1 aliphatic rings. The molecule has 2 heterocycles. The molecule has 2 aromatic heterocycles. The van der Waals surface area contributed by atoms with Crippen molar-refractivity contribution >= 4 is 21.9 Å². The van der Waals surface area contributed by atoms with E-state index >= 15 is 0 Å². The van der Waals surface area contributed by atoms with Gasteiger partial charge in [0.1, 0.15) is 0 Å². The normalized spacial score (nSPS) is 15.2. The largest absolute Gasteiger partial charge is 0.296 e. The van der Waals surface area contributed by atoms with Crippen LogP contribution in [0.4, 0.5) is 0 Å². The quantitative estimate of drug-likeness (QED) is 0.167. The number of hydrogen-bond donors (Lipinski definition) is 0. The van der Waals surface area contributed by atoms with Crippen molar-refractivity contribution in [1.29, 1.82) is 0 Å². The second kappa shape index (κ2) is 12.8. The average molecular weight is 802 g/mol. The number of pyridine rings is 1. The van der Waals surface area contributed by atoms with Gasteiger partial charge in [0.25, 0.3) is 0 Å². The van der Waals surface area contributed by atoms with Gasteiger partial charge < -0.3 is 0 Å². The molecule has 4 heteroatoms. The zero-order valence-electron chi connectivity index (χ0n) is 28.3. The van der Waals surface area contributed by atoms with Gasteiger partial charge in [-0.15, -0.1) is 71.8 Å². The Morgan fingerprint density at radius 1 is 0.500 bits per heavy atom. The molecule has 0 amide bonds. The molecule has 0 bridgehead atoms. The van der Waals surface area contributed by atoms with E-state index in [1.54, 1.807) is 0 Å². The van der Waals surface area contributed by atoms with Gasteiger partial charge in [-0.25, -0.2) is 0 Å². The fourth-order valence-electron chi connectivity index (χ4n) is 7.00. The summed E-state index contributed by atoms with van der Waals surface area (Å²) in [6.45, 7) is 14.2. The number of nitrogens with zero attached hydrogens (tertiary/aromatic N) is 3. The maximum Gasteiger partial charge on any atom is 0.0915 e. The Hall–Kier alpha value is -4.50. The second-order valence-electron chi connectivity index (χ2n) is 14.0. The van der Waals surface area contributed by atoms with Gasteiger partial charge in [0.15, 0.2) is 0 Å². The first-order valence-corrected chi connectivity index (χ1v) is 16.3. The van der Waals surface area contributed by atoms with Crippen molar-refractivity contribution in [3.8, 4) is 33.8 Å². The van der Waals surface area contributed by atoms with Crippen molar-refractivity contribution in [2.24, 2.45) is 5.41 Å². The third-order valence-electron chi connectivity index (χ3n) is 10.9. The Morgan fingerprint density at radius 2 is 1.15 bits per heavy atom. The van der Waals surface area contributed by atoms with Crippen molar-refractivity contribution in [2.45, 2.75) is 52.4 Å². The summed E-state index contributed by atoms with van der Waals surface area (Å²) in [5.41, 5.74) is 11.7. The van der Waals surface area contributed by atoms with Gasteiger partial charge in [0, 0.05) is 25.8 Å². The molecule has 0 N–H and O–H groups in total. The topological polar surface area (TPSA) is 38.7 Å². The first kappa shape index (κ1) is 33.4. The zero-order chi connectivity index (χ0) is 32.8. The van der Waals surface area contributed by atoms with E-state index in [0.29, 0.717) is 0 Å². The van der Waals surface area contributed by atoms with E-state index in [1.807, 2.05) is 72.8 Å². The van der Waals surface area contributed by atoms with E-state index < -0.39 is 0 Å². The minimum absolute atomic E-state index is 0. The van der Waals surface area contributed by atoms with Crippen LogP contribution in [0.2, 0.25) is 0 Å². The summed E-state index contributed by atoms with van der Waals surface area (Å²) in [5, 5.41) is 1.17. The number of fused-ring (bicyclic) bond motifs is 4. The molecule has 1 radical (unpaired) electrons. The Kier molecular flexibility index (Phi) is 8.94. The molecule has 241 valence electrons. The van der Waals surface area contributed by atoms with Gasteiger partial charge in [-0.05, 0) is 56.1 Å². The number of hydrogen-bond acceptors (Lipinski definition) is 3. The summed E-state index contributed by atoms with van der Waals surface area (Å²) in [5.74, 6) is 0. The van der Waals surface area contributed by atoms with Crippen LogP contribution in [0.25, 0.3) is 55.7 Å². The van der Waals surface area contributed by atoms with Gasteiger partial charge in [-0.2, -0.15) is 0 Å². The van der Waals surface area contributed by atoms with Crippen LogP contribution in [-0.2, 0) is 30.9 Å². The predicted molar refractivity (Wildman–Crippen MR) is 195 cm³/mol. The number of aromatic nitrogens is 3. The number of benzene rings is 5. The average Bonchev–Trinajstić information content (AvgIpc) is 3.22. The van der Waals surface area contributed by atoms with Gasteiger partial charge in [-0.3, -0.25) is 15.0 Å². The third kappa shape index (κ3) is 5.57. The van der Waals surface area contributed by atoms with E-state index in [1.165, 1.54) is 16.5 Å². The summed E-state index contributed by atoms with van der Waals surface area (Å²) in [6.07, 6.45) is 0. The molecule has 0 saturated heterocycles. The van der Waals surface area contributed by atoms with Gasteiger partial charge in [0.2, 0.25) is 0 Å². The van der Waals surface area contributed by atoms with E-state index in [2.05, 4.69) is 113 Å². The Bertz CT molecular complexity index is 2210. The van der Waals surface area contributed by atoms with Crippen LogP contribution in [0.5, 0.6) is 0 Å². The molecular weight excluding hydrogens is 763 g/mol. The van der Waals surface area contributed by atoms with Crippen LogP contribution in [0, 0.1) is 17.5 Å². The summed E-state index contributed by atoms with van der Waals surface area (Å²) >= 11 is 0. The summed E-state index contributed by atoms with van der Waals surface area (Å²) < 4.78 is 0. The van der Waals surface area contributed by atoms with Crippen LogP contribution < -0.4 is 0 Å². The molecular formula is C44H39IrN3-2. The zero-order valence-corrected chi connectivity index (χ0v) is 30.7. The molecule has 7 aromatic rings. The smallest absolute Gasteiger partial charge is 0.0915 e. The molecule has 0 saturated carbocycles. The van der Waals surface area contributed by atoms with Crippen LogP contribution in [0.15, 0.2) is 127 Å². The fourth-order valence-corrected chi connectivity index (χ4v) is 7.00. The van der Waals surface area contributed by atoms with E-state index in [4.69, 9.17) is 9.97 Å². The molecule has 8 rings (SSSR count). The Labute approximate surface area is 297 Å². The van der Waals surface area contributed by atoms with Crippen LogP contribution >= 0.6 is 0 Å². The molecule has 0 unspecified atom stereocenters. The van der Waals surface area contributed by atoms with Gasteiger partial charge in [0.05, 0.1) is 22.2 Å².